The lowest BCUT2D eigenvalue weighted by Crippen LogP contribution is -2.05. The van der Waals surface area contributed by atoms with Crippen LogP contribution in [0.4, 0.5) is 0 Å². The topological polar surface area (TPSA) is 51.0 Å². The monoisotopic (exact) mass is 422 g/mol. The Morgan fingerprint density at radius 3 is 1.96 bits per heavy atom. The van der Waals surface area contributed by atoms with E-state index in [2.05, 4.69) is 27.0 Å². The molecule has 1 aliphatic rings. The van der Waals surface area contributed by atoms with Crippen molar-refractivity contribution in [2.24, 2.45) is 4.99 Å². The van der Waals surface area contributed by atoms with E-state index in [0.717, 1.165) is 21.4 Å². The third kappa shape index (κ3) is 3.92. The molecule has 1 unspecified atom stereocenters. The van der Waals surface area contributed by atoms with Crippen LogP contribution in [0.5, 0.6) is 0 Å². The smallest absolute Gasteiger partial charge is 0.168 e. The highest BCUT2D eigenvalue weighted by Gasteiger charge is 2.19. The van der Waals surface area contributed by atoms with Crippen molar-refractivity contribution in [3.05, 3.63) is 77.0 Å². The summed E-state index contributed by atoms with van der Waals surface area (Å²) >= 11 is 5.18. The van der Waals surface area contributed by atoms with Crippen molar-refractivity contribution in [2.75, 3.05) is 5.75 Å². The van der Waals surface area contributed by atoms with Crippen LogP contribution >= 0.6 is 27.7 Å². The number of rotatable bonds is 3. The van der Waals surface area contributed by atoms with Crippen LogP contribution in [0.1, 0.15) is 11.2 Å². The van der Waals surface area contributed by atoms with Crippen molar-refractivity contribution in [1.29, 1.82) is 0 Å². The first-order valence-electron chi connectivity index (χ1n) is 8.17. The Morgan fingerprint density at radius 2 is 1.38 bits per heavy atom. The van der Waals surface area contributed by atoms with Crippen molar-refractivity contribution < 1.29 is 0 Å². The average Bonchev–Trinajstić information content (AvgIpc) is 2.93. The van der Waals surface area contributed by atoms with Gasteiger partial charge in [0, 0.05) is 27.6 Å². The van der Waals surface area contributed by atoms with E-state index in [9.17, 15) is 0 Å². The zero-order valence-corrected chi connectivity index (χ0v) is 16.2. The first kappa shape index (κ1) is 17.1. The Morgan fingerprint density at radius 1 is 0.808 bits per heavy atom. The molecule has 0 bridgehead atoms. The molecular weight excluding hydrogens is 408 g/mol. The molecule has 1 aliphatic heterocycles. The van der Waals surface area contributed by atoms with Gasteiger partial charge in [0.1, 0.15) is 0 Å². The van der Waals surface area contributed by atoms with Gasteiger partial charge >= 0.3 is 0 Å². The predicted molar refractivity (Wildman–Crippen MR) is 111 cm³/mol. The lowest BCUT2D eigenvalue weighted by Gasteiger charge is -2.12. The van der Waals surface area contributed by atoms with Gasteiger partial charge < -0.3 is 0 Å². The molecule has 3 aromatic rings. The molecule has 0 fully saturated rings. The average molecular weight is 423 g/mol. The standard InChI is InChI=1S/C20H15BrN4S/c21-16-11-12-26-20(22-13-16)19-24-17(14-7-3-1-4-8-14)23-18(25-19)15-9-5-2-6-10-15/h1-11,13,20H,12H2. The molecule has 0 amide bonds. The maximum Gasteiger partial charge on any atom is 0.168 e. The van der Waals surface area contributed by atoms with Crippen LogP contribution in [0.2, 0.25) is 0 Å². The number of benzene rings is 2. The van der Waals surface area contributed by atoms with Gasteiger partial charge in [-0.25, -0.2) is 15.0 Å². The lowest BCUT2D eigenvalue weighted by atomic mass is 10.2. The van der Waals surface area contributed by atoms with E-state index < -0.39 is 0 Å². The number of nitrogens with zero attached hydrogens (tertiary/aromatic N) is 4. The van der Waals surface area contributed by atoms with Gasteiger partial charge in [-0.3, -0.25) is 4.99 Å². The van der Waals surface area contributed by atoms with Crippen LogP contribution in [0, 0.1) is 0 Å². The molecule has 0 N–H and O–H groups in total. The zero-order valence-electron chi connectivity index (χ0n) is 13.8. The third-order valence-corrected chi connectivity index (χ3v) is 5.34. The summed E-state index contributed by atoms with van der Waals surface area (Å²) in [6.07, 6.45) is 3.91. The van der Waals surface area contributed by atoms with Crippen molar-refractivity contribution in [1.82, 2.24) is 15.0 Å². The minimum atomic E-state index is -0.158. The molecule has 26 heavy (non-hydrogen) atoms. The predicted octanol–water partition coefficient (Wildman–Crippen LogP) is 5.30. The maximum absolute atomic E-state index is 4.72. The number of hydrogen-bond acceptors (Lipinski definition) is 5. The van der Waals surface area contributed by atoms with Crippen LogP contribution in [0.15, 0.2) is 76.2 Å². The van der Waals surface area contributed by atoms with Gasteiger partial charge in [0.15, 0.2) is 22.8 Å². The third-order valence-electron chi connectivity index (χ3n) is 3.80. The van der Waals surface area contributed by atoms with Crippen molar-refractivity contribution in [3.8, 4) is 22.8 Å². The Kier molecular flexibility index (Phi) is 5.22. The van der Waals surface area contributed by atoms with Crippen LogP contribution < -0.4 is 0 Å². The van der Waals surface area contributed by atoms with E-state index in [-0.39, 0.29) is 5.37 Å². The van der Waals surface area contributed by atoms with Crippen LogP contribution in [-0.4, -0.2) is 26.9 Å². The summed E-state index contributed by atoms with van der Waals surface area (Å²) in [5.41, 5.74) is 1.94. The van der Waals surface area contributed by atoms with Crippen molar-refractivity contribution >= 4 is 33.9 Å². The first-order chi connectivity index (χ1) is 12.8. The number of allylic oxidation sites excluding steroid dienone is 1. The molecule has 2 aromatic carbocycles. The highest BCUT2D eigenvalue weighted by atomic mass is 79.9. The molecule has 6 heteroatoms. The molecule has 1 atom stereocenters. The van der Waals surface area contributed by atoms with E-state index in [4.69, 9.17) is 15.0 Å². The van der Waals surface area contributed by atoms with Gasteiger partial charge in [-0.2, -0.15) is 0 Å². The number of hydrogen-bond donors (Lipinski definition) is 0. The second-order valence-electron chi connectivity index (χ2n) is 5.63. The molecular formula is C20H15BrN4S. The Hall–Kier alpha value is -2.31. The molecule has 4 rings (SSSR count). The van der Waals surface area contributed by atoms with Gasteiger partial charge in [0.2, 0.25) is 0 Å². The fourth-order valence-corrected chi connectivity index (χ4v) is 3.88. The van der Waals surface area contributed by atoms with E-state index in [1.54, 1.807) is 11.8 Å². The quantitative estimate of drug-likeness (QED) is 0.574. The van der Waals surface area contributed by atoms with E-state index in [1.165, 1.54) is 0 Å². The molecule has 0 saturated carbocycles. The fraction of sp³-hybridized carbons (Fsp3) is 0.100. The number of aromatic nitrogens is 3. The molecule has 128 valence electrons. The molecule has 2 heterocycles. The molecule has 4 nitrogen and oxygen atoms in total. The van der Waals surface area contributed by atoms with E-state index >= 15 is 0 Å². The summed E-state index contributed by atoms with van der Waals surface area (Å²) in [6, 6.07) is 20.0. The Balaban J connectivity index is 1.82. The first-order valence-corrected chi connectivity index (χ1v) is 10.0. The van der Waals surface area contributed by atoms with Gasteiger partial charge in [0.05, 0.1) is 0 Å². The Labute approximate surface area is 164 Å². The summed E-state index contributed by atoms with van der Waals surface area (Å²) < 4.78 is 0.980. The molecule has 0 radical (unpaired) electrons. The van der Waals surface area contributed by atoms with Crippen molar-refractivity contribution in [3.63, 3.8) is 0 Å². The summed E-state index contributed by atoms with van der Waals surface area (Å²) in [5.74, 6) is 2.86. The largest absolute Gasteiger partial charge is 0.270 e. The summed E-state index contributed by atoms with van der Waals surface area (Å²) in [6.45, 7) is 0. The van der Waals surface area contributed by atoms with Gasteiger partial charge in [-0.1, -0.05) is 66.7 Å². The van der Waals surface area contributed by atoms with Crippen LogP contribution in [0.25, 0.3) is 22.8 Å². The van der Waals surface area contributed by atoms with E-state index in [0.29, 0.717) is 17.5 Å². The number of thioether (sulfide) groups is 1. The lowest BCUT2D eigenvalue weighted by molar-refractivity contribution is 0.873. The van der Waals surface area contributed by atoms with Gasteiger partial charge in [-0.15, -0.1) is 11.8 Å². The minimum absolute atomic E-state index is 0.158. The number of halogens is 1. The minimum Gasteiger partial charge on any atom is -0.270 e. The normalized spacial score (nSPS) is 16.8. The second-order valence-corrected chi connectivity index (χ2v) is 7.65. The van der Waals surface area contributed by atoms with Crippen LogP contribution in [0.3, 0.4) is 0 Å². The van der Waals surface area contributed by atoms with E-state index in [1.807, 2.05) is 66.9 Å². The summed E-state index contributed by atoms with van der Waals surface area (Å²) in [4.78, 5) is 18.8. The summed E-state index contributed by atoms with van der Waals surface area (Å²) in [5, 5.41) is -0.158. The van der Waals surface area contributed by atoms with Crippen molar-refractivity contribution in [2.45, 2.75) is 5.37 Å². The highest BCUT2D eigenvalue weighted by molar-refractivity contribution is 9.12. The highest BCUT2D eigenvalue weighted by Crippen LogP contribution is 2.32. The SMILES string of the molecule is BrC1=CCSC(c2nc(-c3ccccc3)nc(-c3ccccc3)n2)N=C1. The fourth-order valence-electron chi connectivity index (χ4n) is 2.53. The zero-order chi connectivity index (χ0) is 17.8. The second kappa shape index (κ2) is 7.93. The molecule has 1 aromatic heterocycles. The molecule has 0 aliphatic carbocycles. The van der Waals surface area contributed by atoms with Crippen LogP contribution in [-0.2, 0) is 0 Å². The molecule has 0 saturated heterocycles. The maximum atomic E-state index is 4.72. The molecule has 0 spiro atoms. The Bertz CT molecular complexity index is 900. The number of aliphatic imine (C=N–C) groups is 1. The van der Waals surface area contributed by atoms with Gasteiger partial charge in [0.25, 0.3) is 0 Å². The van der Waals surface area contributed by atoms with Gasteiger partial charge in [-0.05, 0) is 15.9 Å². The summed E-state index contributed by atoms with van der Waals surface area (Å²) in [7, 11) is 0.